The Bertz CT molecular complexity index is 573. The van der Waals surface area contributed by atoms with Crippen molar-refractivity contribution in [3.8, 4) is 0 Å². The van der Waals surface area contributed by atoms with E-state index in [9.17, 15) is 13.2 Å². The van der Waals surface area contributed by atoms with Crippen LogP contribution in [0.2, 0.25) is 0 Å². The Labute approximate surface area is 108 Å². The highest BCUT2D eigenvalue weighted by atomic mass is 32.2. The maximum absolute atomic E-state index is 12.1. The highest BCUT2D eigenvalue weighted by Gasteiger charge is 2.25. The Morgan fingerprint density at radius 1 is 1.17 bits per heavy atom. The quantitative estimate of drug-likeness (QED) is 0.788. The van der Waals surface area contributed by atoms with Gasteiger partial charge in [0.25, 0.3) is 0 Å². The van der Waals surface area contributed by atoms with Crippen LogP contribution in [0.5, 0.6) is 0 Å². The molecule has 0 heterocycles. The topological polar surface area (TPSA) is 51.2 Å². The maximum atomic E-state index is 12.1. The van der Waals surface area contributed by atoms with Gasteiger partial charge in [0.15, 0.2) is 15.6 Å². The molecule has 0 aromatic heterocycles. The lowest BCUT2D eigenvalue weighted by Crippen LogP contribution is -2.26. The number of hydrogen-bond donors (Lipinski definition) is 0. The molecule has 0 radical (unpaired) electrons. The number of hydrogen-bond acceptors (Lipinski definition) is 3. The minimum Gasteiger partial charge on any atom is -0.293 e. The number of rotatable bonds is 3. The molecule has 1 atom stereocenters. The molecular weight excluding hydrogens is 248 g/mol. The fraction of sp³-hybridized carbons (Fsp3) is 0.500. The number of carbonyl (C=O) groups excluding carboxylic acids is 1. The first-order valence-corrected chi connectivity index (χ1v) is 8.20. The molecule has 2 rings (SSSR count). The molecule has 0 aliphatic heterocycles. The SMILES string of the molecule is CC(C(=O)c1ccc2c(c1)CCCC2)S(C)(=O)=O. The zero-order valence-electron chi connectivity index (χ0n) is 10.8. The van der Waals surface area contributed by atoms with E-state index in [1.165, 1.54) is 24.5 Å². The fourth-order valence-electron chi connectivity index (χ4n) is 2.32. The largest absolute Gasteiger partial charge is 0.293 e. The van der Waals surface area contributed by atoms with Gasteiger partial charge in [0, 0.05) is 11.8 Å². The van der Waals surface area contributed by atoms with Gasteiger partial charge in [-0.05, 0) is 49.8 Å². The second-order valence-electron chi connectivity index (χ2n) is 5.03. The number of sulfone groups is 1. The van der Waals surface area contributed by atoms with Gasteiger partial charge in [-0.25, -0.2) is 8.42 Å². The molecule has 0 saturated carbocycles. The van der Waals surface area contributed by atoms with Gasteiger partial charge < -0.3 is 0 Å². The highest BCUT2D eigenvalue weighted by Crippen LogP contribution is 2.23. The number of fused-ring (bicyclic) bond motifs is 1. The van der Waals surface area contributed by atoms with Crippen LogP contribution >= 0.6 is 0 Å². The normalized spacial score (nSPS) is 17.0. The summed E-state index contributed by atoms with van der Waals surface area (Å²) >= 11 is 0. The zero-order valence-corrected chi connectivity index (χ0v) is 11.6. The van der Waals surface area contributed by atoms with Crippen LogP contribution in [-0.2, 0) is 22.7 Å². The molecule has 1 aliphatic carbocycles. The third kappa shape index (κ3) is 2.64. The van der Waals surface area contributed by atoms with Crippen LogP contribution in [0.3, 0.4) is 0 Å². The summed E-state index contributed by atoms with van der Waals surface area (Å²) in [7, 11) is -3.32. The summed E-state index contributed by atoms with van der Waals surface area (Å²) in [6.07, 6.45) is 5.50. The van der Waals surface area contributed by atoms with E-state index in [0.717, 1.165) is 25.5 Å². The minimum atomic E-state index is -3.32. The van der Waals surface area contributed by atoms with Crippen LogP contribution in [-0.4, -0.2) is 25.7 Å². The number of carbonyl (C=O) groups is 1. The first kappa shape index (κ1) is 13.3. The number of Topliss-reactive ketones (excluding diaryl/α,β-unsaturated/α-hetero) is 1. The summed E-state index contributed by atoms with van der Waals surface area (Å²) in [5.41, 5.74) is 3.02. The highest BCUT2D eigenvalue weighted by molar-refractivity contribution is 7.92. The lowest BCUT2D eigenvalue weighted by Gasteiger charge is -2.17. The van der Waals surface area contributed by atoms with Crippen LogP contribution in [0.15, 0.2) is 18.2 Å². The summed E-state index contributed by atoms with van der Waals surface area (Å²) in [6, 6.07) is 5.60. The molecule has 1 aromatic rings. The van der Waals surface area contributed by atoms with E-state index in [0.29, 0.717) is 5.56 Å². The summed E-state index contributed by atoms with van der Waals surface area (Å²) in [5, 5.41) is -0.959. The van der Waals surface area contributed by atoms with E-state index < -0.39 is 15.1 Å². The molecule has 0 amide bonds. The van der Waals surface area contributed by atoms with Gasteiger partial charge in [0.2, 0.25) is 0 Å². The second-order valence-corrected chi connectivity index (χ2v) is 7.39. The van der Waals surface area contributed by atoms with Gasteiger partial charge >= 0.3 is 0 Å². The van der Waals surface area contributed by atoms with Crippen molar-refractivity contribution in [1.29, 1.82) is 0 Å². The van der Waals surface area contributed by atoms with E-state index >= 15 is 0 Å². The first-order valence-electron chi connectivity index (χ1n) is 6.24. The van der Waals surface area contributed by atoms with Crippen LogP contribution in [0.4, 0.5) is 0 Å². The van der Waals surface area contributed by atoms with Gasteiger partial charge in [-0.15, -0.1) is 0 Å². The predicted molar refractivity (Wildman–Crippen MR) is 71.7 cm³/mol. The Hall–Kier alpha value is -1.16. The molecule has 1 aromatic carbocycles. The molecule has 98 valence electrons. The molecule has 4 heteroatoms. The summed E-state index contributed by atoms with van der Waals surface area (Å²) in [5.74, 6) is -0.300. The van der Waals surface area contributed by atoms with Gasteiger partial charge in [-0.2, -0.15) is 0 Å². The lowest BCUT2D eigenvalue weighted by atomic mass is 9.89. The molecule has 0 spiro atoms. The standard InChI is InChI=1S/C14H18O3S/c1-10(18(2,16)17)14(15)13-8-7-11-5-3-4-6-12(11)9-13/h7-10H,3-6H2,1-2H3. The second kappa shape index (κ2) is 4.84. The smallest absolute Gasteiger partial charge is 0.180 e. The molecule has 0 fully saturated rings. The Morgan fingerprint density at radius 3 is 2.39 bits per heavy atom. The van der Waals surface area contributed by atoms with E-state index in [2.05, 4.69) is 0 Å². The maximum Gasteiger partial charge on any atom is 0.180 e. The molecule has 0 N–H and O–H groups in total. The van der Waals surface area contributed by atoms with Crippen molar-refractivity contribution in [2.45, 2.75) is 37.9 Å². The van der Waals surface area contributed by atoms with Crippen molar-refractivity contribution in [1.82, 2.24) is 0 Å². The molecule has 1 unspecified atom stereocenters. The van der Waals surface area contributed by atoms with Crippen molar-refractivity contribution in [3.63, 3.8) is 0 Å². The molecule has 3 nitrogen and oxygen atoms in total. The van der Waals surface area contributed by atoms with Crippen molar-refractivity contribution >= 4 is 15.6 Å². The molecule has 0 bridgehead atoms. The molecule has 0 saturated heterocycles. The van der Waals surface area contributed by atoms with Crippen LogP contribution in [0.1, 0.15) is 41.3 Å². The lowest BCUT2D eigenvalue weighted by molar-refractivity contribution is 0.0991. The number of benzene rings is 1. The summed E-state index contributed by atoms with van der Waals surface area (Å²) < 4.78 is 22.8. The summed E-state index contributed by atoms with van der Waals surface area (Å²) in [4.78, 5) is 12.1. The number of aryl methyl sites for hydroxylation is 2. The predicted octanol–water partition coefficient (Wildman–Crippen LogP) is 2.18. The first-order chi connectivity index (χ1) is 8.39. The minimum absolute atomic E-state index is 0.300. The Kier molecular flexibility index (Phi) is 3.57. The fourth-order valence-corrected chi connectivity index (χ4v) is 2.84. The van der Waals surface area contributed by atoms with Crippen LogP contribution < -0.4 is 0 Å². The summed E-state index contributed by atoms with van der Waals surface area (Å²) in [6.45, 7) is 1.46. The number of ketones is 1. The van der Waals surface area contributed by atoms with Gasteiger partial charge in [0.1, 0.15) is 5.25 Å². The van der Waals surface area contributed by atoms with Gasteiger partial charge in [-0.3, -0.25) is 4.79 Å². The average molecular weight is 266 g/mol. The van der Waals surface area contributed by atoms with Crippen molar-refractivity contribution in [3.05, 3.63) is 34.9 Å². The van der Waals surface area contributed by atoms with Gasteiger partial charge in [0.05, 0.1) is 0 Å². The Balaban J connectivity index is 2.32. The average Bonchev–Trinajstić information content (AvgIpc) is 2.35. The Morgan fingerprint density at radius 2 is 1.78 bits per heavy atom. The zero-order chi connectivity index (χ0) is 13.3. The molecule has 18 heavy (non-hydrogen) atoms. The monoisotopic (exact) mass is 266 g/mol. The van der Waals surface area contributed by atoms with E-state index in [1.807, 2.05) is 12.1 Å². The van der Waals surface area contributed by atoms with Crippen molar-refractivity contribution in [2.24, 2.45) is 0 Å². The van der Waals surface area contributed by atoms with Gasteiger partial charge in [-0.1, -0.05) is 12.1 Å². The molecule has 1 aliphatic rings. The third-order valence-corrected chi connectivity index (χ3v) is 5.14. The van der Waals surface area contributed by atoms with E-state index in [1.54, 1.807) is 6.07 Å². The van der Waals surface area contributed by atoms with Crippen LogP contribution in [0, 0.1) is 0 Å². The third-order valence-electron chi connectivity index (χ3n) is 3.64. The van der Waals surface area contributed by atoms with Crippen molar-refractivity contribution < 1.29 is 13.2 Å². The molecular formula is C14H18O3S. The van der Waals surface area contributed by atoms with E-state index in [4.69, 9.17) is 0 Å². The van der Waals surface area contributed by atoms with Crippen LogP contribution in [0.25, 0.3) is 0 Å². The van der Waals surface area contributed by atoms with E-state index in [-0.39, 0.29) is 5.78 Å². The van der Waals surface area contributed by atoms with Crippen molar-refractivity contribution in [2.75, 3.05) is 6.26 Å².